The van der Waals surface area contributed by atoms with Crippen molar-refractivity contribution in [3.05, 3.63) is 40.4 Å². The number of aromatic nitrogens is 1. The lowest BCUT2D eigenvalue weighted by molar-refractivity contribution is 0.414. The first kappa shape index (κ1) is 11.5. The lowest BCUT2D eigenvalue weighted by Gasteiger charge is -2.03. The number of ether oxygens (including phenoxy) is 1. The lowest BCUT2D eigenvalue weighted by atomic mass is 10.1. The number of hydrogen-bond acceptors (Lipinski definition) is 4. The van der Waals surface area contributed by atoms with Gasteiger partial charge in [0.05, 0.1) is 12.8 Å². The van der Waals surface area contributed by atoms with Crippen molar-refractivity contribution in [2.75, 3.05) is 12.8 Å². The monoisotopic (exact) mass is 260 g/mol. The van der Waals surface area contributed by atoms with Gasteiger partial charge in [-0.1, -0.05) is 12.1 Å². The minimum Gasteiger partial charge on any atom is -0.497 e. The Morgan fingerprint density at radius 1 is 1.33 bits per heavy atom. The second-order valence-electron chi connectivity index (χ2n) is 4.66. The molecule has 0 amide bonds. The topological polar surface area (TPSA) is 48.1 Å². The maximum absolute atomic E-state index is 5.83. The van der Waals surface area contributed by atoms with Crippen molar-refractivity contribution in [2.24, 2.45) is 0 Å². The molecule has 0 radical (unpaired) electrons. The third-order valence-corrected chi connectivity index (χ3v) is 4.13. The summed E-state index contributed by atoms with van der Waals surface area (Å²) >= 11 is 1.62. The molecule has 0 atom stereocenters. The van der Waals surface area contributed by atoms with E-state index in [1.165, 1.54) is 29.0 Å². The maximum atomic E-state index is 5.83. The number of nitrogens with two attached hydrogens (primary N) is 1. The Labute approximate surface area is 111 Å². The molecule has 1 fully saturated rings. The van der Waals surface area contributed by atoms with Crippen LogP contribution in [-0.4, -0.2) is 12.1 Å². The van der Waals surface area contributed by atoms with E-state index in [-0.39, 0.29) is 0 Å². The summed E-state index contributed by atoms with van der Waals surface area (Å²) in [6.45, 7) is 0. The fourth-order valence-corrected chi connectivity index (χ4v) is 3.07. The molecule has 0 aliphatic heterocycles. The predicted octanol–water partition coefficient (Wildman–Crippen LogP) is 3.20. The summed E-state index contributed by atoms with van der Waals surface area (Å²) in [5.74, 6) is 1.55. The number of thiazole rings is 1. The van der Waals surface area contributed by atoms with Crippen molar-refractivity contribution in [1.82, 2.24) is 4.98 Å². The van der Waals surface area contributed by atoms with E-state index >= 15 is 0 Å². The SMILES string of the molecule is COc1ccc(Cc2sc(N)nc2C2CC2)cc1. The second-order valence-corrected chi connectivity index (χ2v) is 5.77. The van der Waals surface area contributed by atoms with Gasteiger partial charge in [0, 0.05) is 17.2 Å². The Kier molecular flexibility index (Phi) is 2.96. The maximum Gasteiger partial charge on any atom is 0.180 e. The van der Waals surface area contributed by atoms with E-state index in [4.69, 9.17) is 10.5 Å². The van der Waals surface area contributed by atoms with Gasteiger partial charge in [0.15, 0.2) is 5.13 Å². The first-order valence-electron chi connectivity index (χ1n) is 6.14. The number of nitrogen functional groups attached to an aromatic ring is 1. The van der Waals surface area contributed by atoms with Crippen LogP contribution in [0, 0.1) is 0 Å². The van der Waals surface area contributed by atoms with Crippen LogP contribution in [0.5, 0.6) is 5.75 Å². The predicted molar refractivity (Wildman–Crippen MR) is 74.3 cm³/mol. The fraction of sp³-hybridized carbons (Fsp3) is 0.357. The molecule has 1 heterocycles. The molecule has 0 spiro atoms. The van der Waals surface area contributed by atoms with Gasteiger partial charge in [-0.3, -0.25) is 0 Å². The average Bonchev–Trinajstić information content (AvgIpc) is 3.15. The van der Waals surface area contributed by atoms with Crippen molar-refractivity contribution in [2.45, 2.75) is 25.2 Å². The number of benzene rings is 1. The highest BCUT2D eigenvalue weighted by atomic mass is 32.1. The van der Waals surface area contributed by atoms with Crippen molar-refractivity contribution < 1.29 is 4.74 Å². The number of rotatable bonds is 4. The molecule has 3 nitrogen and oxygen atoms in total. The molecule has 2 aromatic rings. The lowest BCUT2D eigenvalue weighted by Crippen LogP contribution is -1.91. The molecule has 3 rings (SSSR count). The summed E-state index contributed by atoms with van der Waals surface area (Å²) in [6.07, 6.45) is 3.45. The quantitative estimate of drug-likeness (QED) is 0.918. The summed E-state index contributed by atoms with van der Waals surface area (Å²) in [5.41, 5.74) is 8.34. The molecule has 0 bridgehead atoms. The number of methoxy groups -OCH3 is 1. The van der Waals surface area contributed by atoms with Crippen LogP contribution >= 0.6 is 11.3 Å². The van der Waals surface area contributed by atoms with Gasteiger partial charge in [-0.25, -0.2) is 4.98 Å². The molecule has 0 saturated heterocycles. The Morgan fingerprint density at radius 2 is 2.06 bits per heavy atom. The fourth-order valence-electron chi connectivity index (χ4n) is 2.11. The molecule has 0 unspecified atom stereocenters. The first-order chi connectivity index (χ1) is 8.76. The molecule has 1 aliphatic carbocycles. The zero-order chi connectivity index (χ0) is 12.5. The third-order valence-electron chi connectivity index (χ3n) is 3.23. The van der Waals surface area contributed by atoms with Gasteiger partial charge in [-0.15, -0.1) is 11.3 Å². The zero-order valence-corrected chi connectivity index (χ0v) is 11.2. The van der Waals surface area contributed by atoms with Crippen molar-refractivity contribution in [3.8, 4) is 5.75 Å². The Hall–Kier alpha value is -1.55. The van der Waals surface area contributed by atoms with Crippen LogP contribution in [0.1, 0.15) is 34.9 Å². The molecule has 1 aromatic carbocycles. The highest BCUT2D eigenvalue weighted by molar-refractivity contribution is 7.15. The van der Waals surface area contributed by atoms with Gasteiger partial charge in [-0.2, -0.15) is 0 Å². The zero-order valence-electron chi connectivity index (χ0n) is 10.3. The summed E-state index contributed by atoms with van der Waals surface area (Å²) in [7, 11) is 1.68. The van der Waals surface area contributed by atoms with Gasteiger partial charge in [-0.05, 0) is 30.5 Å². The molecule has 4 heteroatoms. The van der Waals surface area contributed by atoms with E-state index in [1.807, 2.05) is 12.1 Å². The number of hydrogen-bond donors (Lipinski definition) is 1. The van der Waals surface area contributed by atoms with Crippen molar-refractivity contribution >= 4 is 16.5 Å². The van der Waals surface area contributed by atoms with E-state index in [1.54, 1.807) is 18.4 Å². The summed E-state index contributed by atoms with van der Waals surface area (Å²) in [4.78, 5) is 5.79. The van der Waals surface area contributed by atoms with E-state index in [9.17, 15) is 0 Å². The molecular formula is C14H16N2OS. The Bertz CT molecular complexity index is 543. The van der Waals surface area contributed by atoms with E-state index < -0.39 is 0 Å². The van der Waals surface area contributed by atoms with Crippen LogP contribution in [-0.2, 0) is 6.42 Å². The van der Waals surface area contributed by atoms with Gasteiger partial charge >= 0.3 is 0 Å². The van der Waals surface area contributed by atoms with E-state index in [0.717, 1.165) is 12.2 Å². The van der Waals surface area contributed by atoms with Gasteiger partial charge in [0.25, 0.3) is 0 Å². The Balaban J connectivity index is 1.82. The van der Waals surface area contributed by atoms with Crippen LogP contribution in [0.3, 0.4) is 0 Å². The second kappa shape index (κ2) is 4.61. The van der Waals surface area contributed by atoms with Crippen LogP contribution in [0.25, 0.3) is 0 Å². The smallest absolute Gasteiger partial charge is 0.180 e. The highest BCUT2D eigenvalue weighted by Crippen LogP contribution is 2.43. The number of nitrogens with zero attached hydrogens (tertiary/aromatic N) is 1. The first-order valence-corrected chi connectivity index (χ1v) is 6.96. The summed E-state index contributed by atoms with van der Waals surface area (Å²) in [5, 5.41) is 0.695. The molecule has 2 N–H and O–H groups in total. The molecule has 1 aliphatic rings. The van der Waals surface area contributed by atoms with Crippen LogP contribution < -0.4 is 10.5 Å². The molecule has 94 valence electrons. The van der Waals surface area contributed by atoms with Gasteiger partial charge < -0.3 is 10.5 Å². The van der Waals surface area contributed by atoms with E-state index in [2.05, 4.69) is 17.1 Å². The highest BCUT2D eigenvalue weighted by Gasteiger charge is 2.29. The van der Waals surface area contributed by atoms with Gasteiger partial charge in [0.1, 0.15) is 5.75 Å². The summed E-state index contributed by atoms with van der Waals surface area (Å²) in [6, 6.07) is 8.20. The van der Waals surface area contributed by atoms with Crippen LogP contribution in [0.2, 0.25) is 0 Å². The molecule has 18 heavy (non-hydrogen) atoms. The minimum atomic E-state index is 0.659. The average molecular weight is 260 g/mol. The molecule has 1 saturated carbocycles. The van der Waals surface area contributed by atoms with Crippen molar-refractivity contribution in [1.29, 1.82) is 0 Å². The van der Waals surface area contributed by atoms with Gasteiger partial charge in [0.2, 0.25) is 0 Å². The van der Waals surface area contributed by atoms with E-state index in [0.29, 0.717) is 11.0 Å². The molecular weight excluding hydrogens is 244 g/mol. The van der Waals surface area contributed by atoms with Crippen molar-refractivity contribution in [3.63, 3.8) is 0 Å². The van der Waals surface area contributed by atoms with Crippen LogP contribution in [0.15, 0.2) is 24.3 Å². The number of anilines is 1. The summed E-state index contributed by atoms with van der Waals surface area (Å²) < 4.78 is 5.17. The Morgan fingerprint density at radius 3 is 2.67 bits per heavy atom. The third kappa shape index (κ3) is 2.34. The minimum absolute atomic E-state index is 0.659. The van der Waals surface area contributed by atoms with Crippen LogP contribution in [0.4, 0.5) is 5.13 Å². The molecule has 1 aromatic heterocycles. The standard InChI is InChI=1S/C14H16N2OS/c1-17-11-6-2-9(3-7-11)8-12-13(10-4-5-10)16-14(15)18-12/h2-3,6-7,10H,4-5,8H2,1H3,(H2,15,16). The normalized spacial score (nSPS) is 14.7. The largest absolute Gasteiger partial charge is 0.497 e.